The Bertz CT molecular complexity index is 1210. The summed E-state index contributed by atoms with van der Waals surface area (Å²) in [5.74, 6) is -1.44. The molecule has 9 N–H and O–H groups in total. The molecule has 2 amide bonds. The van der Waals surface area contributed by atoms with Crippen molar-refractivity contribution in [1.29, 1.82) is 0 Å². The van der Waals surface area contributed by atoms with Gasteiger partial charge in [-0.25, -0.2) is 9.38 Å². The highest BCUT2D eigenvalue weighted by Gasteiger charge is 2.17. The number of hydrogen-bond donors (Lipinski definition) is 5. The second-order valence-electron chi connectivity index (χ2n) is 7.50. The number of benzene rings is 3. The van der Waals surface area contributed by atoms with Crippen molar-refractivity contribution in [3.05, 3.63) is 89.2 Å². The number of nitrogens with one attached hydrogen (secondary N) is 1. The van der Waals surface area contributed by atoms with Crippen molar-refractivity contribution < 1.29 is 18.7 Å². The molecule has 0 saturated heterocycles. The van der Waals surface area contributed by atoms with Gasteiger partial charge in [0.1, 0.15) is 18.2 Å². The number of guanidine groups is 1. The Morgan fingerprint density at radius 1 is 0.971 bits per heavy atom. The normalized spacial score (nSPS) is 11.4. The van der Waals surface area contributed by atoms with Gasteiger partial charge in [0.2, 0.25) is 5.91 Å². The van der Waals surface area contributed by atoms with Crippen LogP contribution in [0.25, 0.3) is 0 Å². The second kappa shape index (κ2) is 10.9. The minimum absolute atomic E-state index is 0.00476. The summed E-state index contributed by atoms with van der Waals surface area (Å²) in [6.45, 7) is 0.00476. The first-order valence-electron chi connectivity index (χ1n) is 10.3. The fourth-order valence-corrected chi connectivity index (χ4v) is 3.15. The van der Waals surface area contributed by atoms with Crippen LogP contribution in [0.2, 0.25) is 0 Å². The molecule has 10 heteroatoms. The average Bonchev–Trinajstić information content (AvgIpc) is 2.78. The molecule has 0 unspecified atom stereocenters. The van der Waals surface area contributed by atoms with E-state index in [9.17, 15) is 14.0 Å². The number of rotatable bonds is 9. The highest BCUT2D eigenvalue weighted by molar-refractivity contribution is 5.98. The number of aliphatic imine (C=N–C) groups is 1. The van der Waals surface area contributed by atoms with Crippen molar-refractivity contribution in [1.82, 2.24) is 0 Å². The fraction of sp³-hybridized carbons (Fsp3) is 0.125. The number of carbonyl (C=O) groups excluding carboxylic acids is 2. The van der Waals surface area contributed by atoms with Gasteiger partial charge in [0.25, 0.3) is 5.91 Å². The first-order chi connectivity index (χ1) is 16.2. The molecule has 0 radical (unpaired) electrons. The van der Waals surface area contributed by atoms with Crippen molar-refractivity contribution in [3.63, 3.8) is 0 Å². The van der Waals surface area contributed by atoms with Gasteiger partial charge < -0.3 is 33.0 Å². The average molecular weight is 465 g/mol. The SMILES string of the molecule is NC(=O)c1ccc(NC(=O)[C@@H](N)Cc2ccc(N=C(N)N)cc2)cc1OCc1cccc(F)c1. The zero-order chi connectivity index (χ0) is 24.7. The van der Waals surface area contributed by atoms with Crippen LogP contribution in [0.15, 0.2) is 71.7 Å². The molecule has 0 fully saturated rings. The highest BCUT2D eigenvalue weighted by atomic mass is 19.1. The topological polar surface area (TPSA) is 172 Å². The van der Waals surface area contributed by atoms with Gasteiger partial charge >= 0.3 is 0 Å². The third-order valence-corrected chi connectivity index (χ3v) is 4.78. The fourth-order valence-electron chi connectivity index (χ4n) is 3.15. The Kier molecular flexibility index (Phi) is 7.78. The van der Waals surface area contributed by atoms with E-state index >= 15 is 0 Å². The number of nitrogens with two attached hydrogens (primary N) is 4. The zero-order valence-corrected chi connectivity index (χ0v) is 18.2. The van der Waals surface area contributed by atoms with E-state index < -0.39 is 23.7 Å². The van der Waals surface area contributed by atoms with Gasteiger partial charge in [-0.05, 0) is 53.9 Å². The molecule has 176 valence electrons. The van der Waals surface area contributed by atoms with E-state index in [1.807, 2.05) is 0 Å². The molecule has 0 aromatic heterocycles. The van der Waals surface area contributed by atoms with Crippen LogP contribution < -0.4 is 33.0 Å². The standard InChI is InChI=1S/C24H25FN6O3/c25-16-3-1-2-15(10-16)13-34-21-12-18(8-9-19(21)22(27)32)30-23(33)20(26)11-14-4-6-17(7-5-14)31-24(28)29/h1-10,12,20H,11,13,26H2,(H2,27,32)(H,30,33)(H4,28,29,31)/t20-/m0/s1. The molecule has 3 aromatic carbocycles. The predicted molar refractivity (Wildman–Crippen MR) is 128 cm³/mol. The summed E-state index contributed by atoms with van der Waals surface area (Å²) < 4.78 is 19.1. The van der Waals surface area contributed by atoms with Crippen molar-refractivity contribution in [2.24, 2.45) is 27.9 Å². The van der Waals surface area contributed by atoms with Crippen LogP contribution in [-0.4, -0.2) is 23.8 Å². The molecule has 0 aliphatic heterocycles. The minimum Gasteiger partial charge on any atom is -0.488 e. The van der Waals surface area contributed by atoms with E-state index in [2.05, 4.69) is 10.3 Å². The summed E-state index contributed by atoms with van der Waals surface area (Å²) in [7, 11) is 0. The van der Waals surface area contributed by atoms with Crippen LogP contribution >= 0.6 is 0 Å². The Morgan fingerprint density at radius 3 is 2.35 bits per heavy atom. The van der Waals surface area contributed by atoms with Crippen LogP contribution in [0.5, 0.6) is 5.75 Å². The lowest BCUT2D eigenvalue weighted by Gasteiger charge is -2.15. The monoisotopic (exact) mass is 464 g/mol. The van der Waals surface area contributed by atoms with Gasteiger partial charge in [-0.15, -0.1) is 0 Å². The van der Waals surface area contributed by atoms with E-state index in [4.69, 9.17) is 27.7 Å². The van der Waals surface area contributed by atoms with Crippen LogP contribution in [-0.2, 0) is 17.8 Å². The van der Waals surface area contributed by atoms with Crippen molar-refractivity contribution in [2.75, 3.05) is 5.32 Å². The van der Waals surface area contributed by atoms with Crippen LogP contribution in [0, 0.1) is 5.82 Å². The molecule has 34 heavy (non-hydrogen) atoms. The molecule has 1 atom stereocenters. The Hall–Kier alpha value is -4.44. The summed E-state index contributed by atoms with van der Waals surface area (Å²) in [5.41, 5.74) is 24.6. The maximum Gasteiger partial charge on any atom is 0.252 e. The molecule has 0 aliphatic carbocycles. The van der Waals surface area contributed by atoms with Crippen LogP contribution in [0.3, 0.4) is 0 Å². The lowest BCUT2D eigenvalue weighted by Crippen LogP contribution is -2.37. The molecule has 0 spiro atoms. The van der Waals surface area contributed by atoms with Gasteiger partial charge in [-0.2, -0.15) is 0 Å². The van der Waals surface area contributed by atoms with Gasteiger partial charge in [0.15, 0.2) is 5.96 Å². The van der Waals surface area contributed by atoms with Gasteiger partial charge in [-0.1, -0.05) is 24.3 Å². The van der Waals surface area contributed by atoms with Crippen LogP contribution in [0.1, 0.15) is 21.5 Å². The third-order valence-electron chi connectivity index (χ3n) is 4.78. The molecule has 0 heterocycles. The van der Waals surface area contributed by atoms with E-state index in [1.165, 1.54) is 30.3 Å². The Balaban J connectivity index is 1.67. The first-order valence-corrected chi connectivity index (χ1v) is 10.3. The summed E-state index contributed by atoms with van der Waals surface area (Å²) in [6, 6.07) is 16.4. The molecule has 0 aliphatic rings. The molecule has 3 rings (SSSR count). The summed E-state index contributed by atoms with van der Waals surface area (Å²) >= 11 is 0. The van der Waals surface area contributed by atoms with Crippen molar-refractivity contribution in [3.8, 4) is 5.75 Å². The Morgan fingerprint density at radius 2 is 1.71 bits per heavy atom. The number of hydrogen-bond acceptors (Lipinski definition) is 5. The third kappa shape index (κ3) is 6.78. The number of primary amides is 1. The maximum atomic E-state index is 13.4. The summed E-state index contributed by atoms with van der Waals surface area (Å²) in [6.07, 6.45) is 0.274. The number of ether oxygens (including phenoxy) is 1. The number of carbonyl (C=O) groups is 2. The number of nitrogens with zero attached hydrogens (tertiary/aromatic N) is 1. The molecule has 3 aromatic rings. The molecule has 0 saturated carbocycles. The number of anilines is 1. The van der Waals surface area contributed by atoms with Gasteiger partial charge in [0.05, 0.1) is 17.3 Å². The van der Waals surface area contributed by atoms with Crippen molar-refractivity contribution >= 4 is 29.1 Å². The van der Waals surface area contributed by atoms with E-state index in [1.54, 1.807) is 36.4 Å². The van der Waals surface area contributed by atoms with E-state index in [0.29, 0.717) is 16.9 Å². The van der Waals surface area contributed by atoms with E-state index in [-0.39, 0.29) is 30.3 Å². The van der Waals surface area contributed by atoms with Gasteiger partial charge in [0, 0.05) is 11.8 Å². The number of halogens is 1. The van der Waals surface area contributed by atoms with E-state index in [0.717, 1.165) is 5.56 Å². The summed E-state index contributed by atoms with van der Waals surface area (Å²) in [5, 5.41) is 2.70. The minimum atomic E-state index is -0.846. The second-order valence-corrected chi connectivity index (χ2v) is 7.50. The predicted octanol–water partition coefficient (Wildman–Crippen LogP) is 1.92. The van der Waals surface area contributed by atoms with Crippen LogP contribution in [0.4, 0.5) is 15.8 Å². The smallest absolute Gasteiger partial charge is 0.252 e. The number of amides is 2. The van der Waals surface area contributed by atoms with Crippen molar-refractivity contribution in [2.45, 2.75) is 19.1 Å². The summed E-state index contributed by atoms with van der Waals surface area (Å²) in [4.78, 5) is 28.3. The quantitative estimate of drug-likeness (QED) is 0.239. The zero-order valence-electron chi connectivity index (χ0n) is 18.2. The van der Waals surface area contributed by atoms with Gasteiger partial charge in [-0.3, -0.25) is 9.59 Å². The Labute approximate surface area is 195 Å². The molecular formula is C24H25FN6O3. The highest BCUT2D eigenvalue weighted by Crippen LogP contribution is 2.25. The largest absolute Gasteiger partial charge is 0.488 e. The molecule has 0 bridgehead atoms. The first kappa shape index (κ1) is 24.2. The lowest BCUT2D eigenvalue weighted by atomic mass is 10.1. The lowest BCUT2D eigenvalue weighted by molar-refractivity contribution is -0.117. The molecular weight excluding hydrogens is 439 g/mol. The molecule has 9 nitrogen and oxygen atoms in total. The maximum absolute atomic E-state index is 13.4.